The van der Waals surface area contributed by atoms with Crippen LogP contribution < -0.4 is 4.74 Å². The van der Waals surface area contributed by atoms with Gasteiger partial charge in [-0.2, -0.15) is 0 Å². The first-order valence-electron chi connectivity index (χ1n) is 8.41. The van der Waals surface area contributed by atoms with Crippen molar-refractivity contribution in [2.45, 2.75) is 25.0 Å². The van der Waals surface area contributed by atoms with E-state index < -0.39 is 25.4 Å². The number of rotatable bonds is 8. The molecule has 4 N–H and O–H groups in total. The molecule has 0 unspecified atom stereocenters. The normalized spacial score (nSPS) is 13.4. The number of benzene rings is 2. The first kappa shape index (κ1) is 27.6. The lowest BCUT2D eigenvalue weighted by molar-refractivity contribution is 0.0955. The minimum absolute atomic E-state index is 0.0642. The molecule has 2 aromatic rings. The standard InChI is InChI=1S/C18H14Cl8O5/c19-9-7(1-5(29)3-27)10(20)14(24)17(13(9)23)31-18-15(25)11(21)8(2-6(30)4-28)12(22)16(18)26/h5-6,27-30H,1-4H2/t5-,6-/m1/s1. The van der Waals surface area contributed by atoms with Crippen molar-refractivity contribution in [3.05, 3.63) is 51.3 Å². The summed E-state index contributed by atoms with van der Waals surface area (Å²) in [7, 11) is 0. The van der Waals surface area contributed by atoms with Crippen LogP contribution in [0.3, 0.4) is 0 Å². The average molecular weight is 594 g/mol. The van der Waals surface area contributed by atoms with E-state index in [0.29, 0.717) is 0 Å². The smallest absolute Gasteiger partial charge is 0.167 e. The lowest BCUT2D eigenvalue weighted by Gasteiger charge is -2.20. The van der Waals surface area contributed by atoms with E-state index in [4.69, 9.17) is 108 Å². The monoisotopic (exact) mass is 590 g/mol. The quantitative estimate of drug-likeness (QED) is 0.263. The maximum Gasteiger partial charge on any atom is 0.167 e. The summed E-state index contributed by atoms with van der Waals surface area (Å²) in [5, 5.41) is 36.6. The van der Waals surface area contributed by atoms with Gasteiger partial charge in [-0.1, -0.05) is 92.8 Å². The van der Waals surface area contributed by atoms with E-state index >= 15 is 0 Å². The lowest BCUT2D eigenvalue weighted by atomic mass is 10.1. The maximum atomic E-state index is 9.70. The van der Waals surface area contributed by atoms with Crippen molar-refractivity contribution in [2.24, 2.45) is 0 Å². The highest BCUT2D eigenvalue weighted by Gasteiger charge is 2.28. The molecule has 0 bridgehead atoms. The first-order chi connectivity index (χ1) is 14.5. The van der Waals surface area contributed by atoms with E-state index in [2.05, 4.69) is 0 Å². The molecule has 0 heterocycles. The summed E-state index contributed by atoms with van der Waals surface area (Å²) in [4.78, 5) is 0. The molecule has 0 aliphatic heterocycles. The number of aliphatic hydroxyl groups excluding tert-OH is 4. The zero-order valence-corrected chi connectivity index (χ0v) is 21.3. The topological polar surface area (TPSA) is 90.2 Å². The molecule has 0 aliphatic rings. The van der Waals surface area contributed by atoms with Crippen molar-refractivity contribution in [3.8, 4) is 11.5 Å². The fourth-order valence-electron chi connectivity index (χ4n) is 2.55. The maximum absolute atomic E-state index is 9.70. The van der Waals surface area contributed by atoms with Gasteiger partial charge in [0.15, 0.2) is 11.5 Å². The van der Waals surface area contributed by atoms with E-state index in [9.17, 15) is 10.2 Å². The van der Waals surface area contributed by atoms with Crippen LogP contribution in [-0.4, -0.2) is 45.8 Å². The lowest BCUT2D eigenvalue weighted by Crippen LogP contribution is -2.16. The van der Waals surface area contributed by atoms with Crippen LogP contribution in [-0.2, 0) is 12.8 Å². The molecule has 2 aromatic carbocycles. The van der Waals surface area contributed by atoms with Crippen molar-refractivity contribution >= 4 is 92.8 Å². The Labute approximate surface area is 217 Å². The van der Waals surface area contributed by atoms with E-state index in [-0.39, 0.29) is 75.6 Å². The van der Waals surface area contributed by atoms with E-state index in [0.717, 1.165) is 0 Å². The zero-order chi connectivity index (χ0) is 23.6. The number of hydrogen-bond acceptors (Lipinski definition) is 5. The van der Waals surface area contributed by atoms with E-state index in [1.165, 1.54) is 0 Å². The van der Waals surface area contributed by atoms with Gasteiger partial charge in [0.1, 0.15) is 20.1 Å². The third-order valence-electron chi connectivity index (χ3n) is 4.13. The Morgan fingerprint density at radius 3 is 1.00 bits per heavy atom. The highest BCUT2D eigenvalue weighted by Crippen LogP contribution is 2.52. The number of aliphatic hydroxyl groups is 4. The van der Waals surface area contributed by atoms with Gasteiger partial charge in [0, 0.05) is 12.8 Å². The average Bonchev–Trinajstić information content (AvgIpc) is 2.76. The van der Waals surface area contributed by atoms with Crippen molar-refractivity contribution < 1.29 is 25.2 Å². The highest BCUT2D eigenvalue weighted by atomic mass is 35.5. The summed E-state index contributed by atoms with van der Waals surface area (Å²) in [5.74, 6) is -0.390. The van der Waals surface area contributed by atoms with Gasteiger partial charge < -0.3 is 25.2 Å². The SMILES string of the molecule is OC[C@H](O)Cc1c(Cl)c(Cl)c(Oc2c(Cl)c(Cl)c(C[C@@H](O)CO)c(Cl)c2Cl)c(Cl)c1Cl. The predicted molar refractivity (Wildman–Crippen MR) is 127 cm³/mol. The van der Waals surface area contributed by atoms with E-state index in [1.807, 2.05) is 0 Å². The van der Waals surface area contributed by atoms with Crippen molar-refractivity contribution in [2.75, 3.05) is 13.2 Å². The van der Waals surface area contributed by atoms with Gasteiger partial charge in [0.25, 0.3) is 0 Å². The molecular formula is C18H14Cl8O5. The van der Waals surface area contributed by atoms with Crippen LogP contribution in [0.25, 0.3) is 0 Å². The minimum atomic E-state index is -1.14. The molecule has 5 nitrogen and oxygen atoms in total. The van der Waals surface area contributed by atoms with Crippen LogP contribution in [0.15, 0.2) is 0 Å². The van der Waals surface area contributed by atoms with Crippen LogP contribution >= 0.6 is 92.8 Å². The molecule has 0 saturated carbocycles. The molecule has 0 radical (unpaired) electrons. The fraction of sp³-hybridized carbons (Fsp3) is 0.333. The van der Waals surface area contributed by atoms with Gasteiger partial charge >= 0.3 is 0 Å². The molecule has 13 heteroatoms. The summed E-state index contributed by atoms with van der Waals surface area (Å²) in [6.45, 7) is -1.06. The van der Waals surface area contributed by atoms with Crippen molar-refractivity contribution in [1.29, 1.82) is 0 Å². The largest absolute Gasteiger partial charge is 0.451 e. The Bertz CT molecular complexity index is 849. The van der Waals surface area contributed by atoms with Gasteiger partial charge in [-0.25, -0.2) is 0 Å². The summed E-state index contributed by atoms with van der Waals surface area (Å²) >= 11 is 50.3. The summed E-state index contributed by atoms with van der Waals surface area (Å²) in [5.41, 5.74) is 0.405. The predicted octanol–water partition coefficient (Wildman–Crippen LogP) is 6.50. The third-order valence-corrected chi connectivity index (χ3v) is 7.63. The van der Waals surface area contributed by atoms with Gasteiger partial charge in [0.2, 0.25) is 0 Å². The van der Waals surface area contributed by atoms with Crippen LogP contribution in [0.5, 0.6) is 11.5 Å². The van der Waals surface area contributed by atoms with Gasteiger partial charge in [-0.05, 0) is 11.1 Å². The second kappa shape index (κ2) is 11.7. The molecule has 2 atom stereocenters. The Hall–Kier alpha value is 0.400. The number of ether oxygens (including phenoxy) is 1. The molecule has 31 heavy (non-hydrogen) atoms. The minimum Gasteiger partial charge on any atom is -0.451 e. The van der Waals surface area contributed by atoms with Crippen LogP contribution in [0.1, 0.15) is 11.1 Å². The zero-order valence-electron chi connectivity index (χ0n) is 15.2. The number of halogens is 8. The molecule has 2 rings (SSSR count). The molecule has 0 saturated heterocycles. The fourth-order valence-corrected chi connectivity index (χ4v) is 4.77. The Balaban J connectivity index is 2.59. The molecule has 0 amide bonds. The second-order valence-electron chi connectivity index (χ2n) is 6.31. The molecule has 0 aromatic heterocycles. The molecule has 0 spiro atoms. The molecular weight excluding hydrogens is 580 g/mol. The molecule has 0 fully saturated rings. The van der Waals surface area contributed by atoms with Crippen molar-refractivity contribution in [3.63, 3.8) is 0 Å². The first-order valence-corrected chi connectivity index (χ1v) is 11.4. The highest BCUT2D eigenvalue weighted by molar-refractivity contribution is 6.51. The second-order valence-corrected chi connectivity index (χ2v) is 9.33. The van der Waals surface area contributed by atoms with Crippen LogP contribution in [0.4, 0.5) is 0 Å². The summed E-state index contributed by atoms with van der Waals surface area (Å²) < 4.78 is 5.71. The van der Waals surface area contributed by atoms with Crippen LogP contribution in [0, 0.1) is 0 Å². The third kappa shape index (κ3) is 5.91. The summed E-state index contributed by atoms with van der Waals surface area (Å²) in [6.07, 6.45) is -2.52. The Kier molecular flexibility index (Phi) is 10.4. The Morgan fingerprint density at radius 1 is 0.516 bits per heavy atom. The van der Waals surface area contributed by atoms with Gasteiger partial charge in [-0.15, -0.1) is 0 Å². The van der Waals surface area contributed by atoms with Crippen molar-refractivity contribution in [1.82, 2.24) is 0 Å². The van der Waals surface area contributed by atoms with Gasteiger partial charge in [0.05, 0.1) is 45.5 Å². The van der Waals surface area contributed by atoms with Gasteiger partial charge in [-0.3, -0.25) is 0 Å². The molecule has 0 aliphatic carbocycles. The Morgan fingerprint density at radius 2 is 0.774 bits per heavy atom. The van der Waals surface area contributed by atoms with Crippen LogP contribution in [0.2, 0.25) is 40.2 Å². The number of hydrogen-bond donors (Lipinski definition) is 4. The molecule has 172 valence electrons. The summed E-state index contributed by atoms with van der Waals surface area (Å²) in [6, 6.07) is 0. The van der Waals surface area contributed by atoms with E-state index in [1.54, 1.807) is 0 Å².